The number of allylic oxidation sites excluding steroid dienone is 1. The van der Waals surface area contributed by atoms with Crippen LogP contribution in [-0.2, 0) is 0 Å². The van der Waals surface area contributed by atoms with E-state index in [0.29, 0.717) is 0 Å². The van der Waals surface area contributed by atoms with E-state index in [1.807, 2.05) is 0 Å². The van der Waals surface area contributed by atoms with Crippen molar-refractivity contribution in [2.75, 3.05) is 0 Å². The van der Waals surface area contributed by atoms with Gasteiger partial charge in [0, 0.05) is 6.42 Å². The zero-order valence-electron chi connectivity index (χ0n) is 7.95. The molecule has 0 saturated heterocycles. The summed E-state index contributed by atoms with van der Waals surface area (Å²) in [4.78, 5) is 11.5. The maximum Gasteiger partial charge on any atom is 0.387 e. The molecule has 0 radical (unpaired) electrons. The van der Waals surface area contributed by atoms with E-state index in [2.05, 4.69) is 11.3 Å². The fourth-order valence-corrected chi connectivity index (χ4v) is 1.14. The Labute approximate surface area is 86.2 Å². The molecule has 1 rings (SSSR count). The summed E-state index contributed by atoms with van der Waals surface area (Å²) in [6.45, 7) is 0.479. The van der Waals surface area contributed by atoms with Gasteiger partial charge in [0.05, 0.1) is 5.56 Å². The fraction of sp³-hybridized carbons (Fsp3) is 0.182. The summed E-state index contributed by atoms with van der Waals surface area (Å²) >= 11 is 0. The van der Waals surface area contributed by atoms with Gasteiger partial charge in [-0.05, 0) is 12.1 Å². The third-order valence-corrected chi connectivity index (χ3v) is 1.73. The van der Waals surface area contributed by atoms with Gasteiger partial charge in [0.2, 0.25) is 0 Å². The van der Waals surface area contributed by atoms with Crippen molar-refractivity contribution < 1.29 is 18.3 Å². The number of carbonyl (C=O) groups is 1. The Balaban J connectivity index is 2.95. The topological polar surface area (TPSA) is 26.3 Å². The molecule has 0 atom stereocenters. The van der Waals surface area contributed by atoms with Crippen molar-refractivity contribution in [2.45, 2.75) is 13.0 Å². The maximum absolute atomic E-state index is 12.0. The molecule has 0 saturated carbocycles. The summed E-state index contributed by atoms with van der Waals surface area (Å²) in [6.07, 6.45) is 1.52. The molecule has 0 aliphatic heterocycles. The first kappa shape index (κ1) is 11.4. The second kappa shape index (κ2) is 5.24. The van der Waals surface area contributed by atoms with Crippen LogP contribution in [0.2, 0.25) is 0 Å². The van der Waals surface area contributed by atoms with Gasteiger partial charge in [-0.3, -0.25) is 4.79 Å². The third-order valence-electron chi connectivity index (χ3n) is 1.73. The predicted molar refractivity (Wildman–Crippen MR) is 52.2 cm³/mol. The third kappa shape index (κ3) is 3.16. The highest BCUT2D eigenvalue weighted by Gasteiger charge is 2.13. The largest absolute Gasteiger partial charge is 0.434 e. The van der Waals surface area contributed by atoms with Crippen LogP contribution in [-0.4, -0.2) is 12.4 Å². The Kier molecular flexibility index (Phi) is 3.97. The number of rotatable bonds is 5. The van der Waals surface area contributed by atoms with Crippen LogP contribution < -0.4 is 4.74 Å². The number of para-hydroxylation sites is 1. The van der Waals surface area contributed by atoms with E-state index in [1.54, 1.807) is 6.07 Å². The number of carbonyl (C=O) groups excluding carboxylic acids is 1. The van der Waals surface area contributed by atoms with Crippen molar-refractivity contribution in [2.24, 2.45) is 0 Å². The Bertz CT molecular complexity index is 361. The zero-order valence-corrected chi connectivity index (χ0v) is 7.95. The highest BCUT2D eigenvalue weighted by Crippen LogP contribution is 2.21. The number of alkyl halides is 2. The van der Waals surface area contributed by atoms with Gasteiger partial charge in [0.25, 0.3) is 0 Å². The summed E-state index contributed by atoms with van der Waals surface area (Å²) in [5, 5.41) is 0. The van der Waals surface area contributed by atoms with Gasteiger partial charge >= 0.3 is 6.61 Å². The van der Waals surface area contributed by atoms with Crippen LogP contribution in [0.3, 0.4) is 0 Å². The lowest BCUT2D eigenvalue weighted by Crippen LogP contribution is -2.07. The summed E-state index contributed by atoms with van der Waals surface area (Å²) in [6, 6.07) is 5.91. The highest BCUT2D eigenvalue weighted by atomic mass is 19.3. The standard InChI is InChI=1S/C11H10F2O2/c1-2-5-9(14)8-6-3-4-7-10(8)15-11(12)13/h2-4,6-7,11H,1,5H2. The summed E-state index contributed by atoms with van der Waals surface area (Å²) in [5.74, 6) is -0.388. The molecule has 15 heavy (non-hydrogen) atoms. The van der Waals surface area contributed by atoms with Gasteiger partial charge in [-0.25, -0.2) is 0 Å². The monoisotopic (exact) mass is 212 g/mol. The lowest BCUT2D eigenvalue weighted by atomic mass is 10.1. The second-order valence-corrected chi connectivity index (χ2v) is 2.79. The molecule has 0 unspecified atom stereocenters. The second-order valence-electron chi connectivity index (χ2n) is 2.79. The molecule has 2 nitrogen and oxygen atoms in total. The van der Waals surface area contributed by atoms with Gasteiger partial charge in [-0.1, -0.05) is 18.2 Å². The van der Waals surface area contributed by atoms with E-state index in [0.717, 1.165) is 0 Å². The van der Waals surface area contributed by atoms with Crippen LogP contribution in [0.25, 0.3) is 0 Å². The van der Waals surface area contributed by atoms with Crippen LogP contribution in [0.5, 0.6) is 5.75 Å². The first-order chi connectivity index (χ1) is 7.15. The van der Waals surface area contributed by atoms with Crippen LogP contribution >= 0.6 is 0 Å². The molecule has 0 aliphatic rings. The van der Waals surface area contributed by atoms with E-state index in [4.69, 9.17) is 0 Å². The number of Topliss-reactive ketones (excluding diaryl/α,β-unsaturated/α-hetero) is 1. The van der Waals surface area contributed by atoms with Crippen LogP contribution in [0, 0.1) is 0 Å². The average molecular weight is 212 g/mol. The lowest BCUT2D eigenvalue weighted by Gasteiger charge is -2.08. The number of benzene rings is 1. The van der Waals surface area contributed by atoms with Crippen LogP contribution in [0.15, 0.2) is 36.9 Å². The van der Waals surface area contributed by atoms with Gasteiger partial charge < -0.3 is 4.74 Å². The van der Waals surface area contributed by atoms with Crippen molar-refractivity contribution in [3.8, 4) is 5.75 Å². The summed E-state index contributed by atoms with van der Waals surface area (Å²) in [5.41, 5.74) is 0.151. The van der Waals surface area contributed by atoms with Crippen LogP contribution in [0.4, 0.5) is 8.78 Å². The molecular formula is C11H10F2O2. The smallest absolute Gasteiger partial charge is 0.387 e. The molecule has 1 aromatic rings. The van der Waals surface area contributed by atoms with Crippen molar-refractivity contribution in [3.63, 3.8) is 0 Å². The Hall–Kier alpha value is -1.71. The lowest BCUT2D eigenvalue weighted by molar-refractivity contribution is -0.0501. The molecule has 0 aromatic heterocycles. The van der Waals surface area contributed by atoms with Crippen molar-refractivity contribution in [1.82, 2.24) is 0 Å². The molecule has 1 aromatic carbocycles. The van der Waals surface area contributed by atoms with E-state index < -0.39 is 6.61 Å². The first-order valence-corrected chi connectivity index (χ1v) is 4.33. The fourth-order valence-electron chi connectivity index (χ4n) is 1.14. The molecule has 0 fully saturated rings. The molecule has 0 N–H and O–H groups in total. The molecule has 4 heteroatoms. The van der Waals surface area contributed by atoms with E-state index in [9.17, 15) is 13.6 Å². The maximum atomic E-state index is 12.0. The minimum Gasteiger partial charge on any atom is -0.434 e. The number of ketones is 1. The number of halogens is 2. The summed E-state index contributed by atoms with van der Waals surface area (Å²) in [7, 11) is 0. The van der Waals surface area contributed by atoms with Crippen molar-refractivity contribution in [3.05, 3.63) is 42.5 Å². The average Bonchev–Trinajstić information content (AvgIpc) is 2.18. The Morgan fingerprint density at radius 2 is 2.13 bits per heavy atom. The van der Waals surface area contributed by atoms with Crippen molar-refractivity contribution >= 4 is 5.78 Å². The SMILES string of the molecule is C=CCC(=O)c1ccccc1OC(F)F. The van der Waals surface area contributed by atoms with Crippen molar-refractivity contribution in [1.29, 1.82) is 0 Å². The first-order valence-electron chi connectivity index (χ1n) is 4.33. The van der Waals surface area contributed by atoms with Crippen LogP contribution in [0.1, 0.15) is 16.8 Å². The molecule has 0 heterocycles. The Morgan fingerprint density at radius 1 is 1.47 bits per heavy atom. The number of ether oxygens (including phenoxy) is 1. The molecule has 0 bridgehead atoms. The highest BCUT2D eigenvalue weighted by molar-refractivity contribution is 5.99. The molecule has 0 aliphatic carbocycles. The molecule has 80 valence electrons. The quantitative estimate of drug-likeness (QED) is 0.554. The van der Waals surface area contributed by atoms with E-state index in [-0.39, 0.29) is 23.5 Å². The minimum atomic E-state index is -2.93. The number of hydrogen-bond donors (Lipinski definition) is 0. The number of hydrogen-bond acceptors (Lipinski definition) is 2. The van der Waals surface area contributed by atoms with Gasteiger partial charge in [-0.15, -0.1) is 6.58 Å². The minimum absolute atomic E-state index is 0.0978. The molecule has 0 spiro atoms. The van der Waals surface area contributed by atoms with E-state index in [1.165, 1.54) is 24.3 Å². The predicted octanol–water partition coefficient (Wildman–Crippen LogP) is 3.05. The molecule has 0 amide bonds. The van der Waals surface area contributed by atoms with Gasteiger partial charge in [-0.2, -0.15) is 8.78 Å². The van der Waals surface area contributed by atoms with E-state index >= 15 is 0 Å². The Morgan fingerprint density at radius 3 is 2.73 bits per heavy atom. The van der Waals surface area contributed by atoms with Gasteiger partial charge in [0.15, 0.2) is 5.78 Å². The normalized spacial score (nSPS) is 10.1. The summed E-state index contributed by atoms with van der Waals surface area (Å²) < 4.78 is 28.2. The molecular weight excluding hydrogens is 202 g/mol. The van der Waals surface area contributed by atoms with Gasteiger partial charge in [0.1, 0.15) is 5.75 Å². The zero-order chi connectivity index (χ0) is 11.3.